The summed E-state index contributed by atoms with van der Waals surface area (Å²) in [5.41, 5.74) is 1.05. The zero-order valence-corrected chi connectivity index (χ0v) is 15.9. The highest BCUT2D eigenvalue weighted by atomic mass is 32.1. The molecule has 0 saturated carbocycles. The van der Waals surface area contributed by atoms with Gasteiger partial charge in [-0.1, -0.05) is 12.1 Å². The molecule has 0 bridgehead atoms. The summed E-state index contributed by atoms with van der Waals surface area (Å²) in [4.78, 5) is 15.6. The van der Waals surface area contributed by atoms with Crippen molar-refractivity contribution in [2.24, 2.45) is 0 Å². The van der Waals surface area contributed by atoms with E-state index in [4.69, 9.17) is 0 Å². The average molecular weight is 422 g/mol. The van der Waals surface area contributed by atoms with Crippen molar-refractivity contribution in [3.63, 3.8) is 0 Å². The molecule has 1 atom stereocenters. The largest absolute Gasteiger partial charge is 0.573 e. The number of ether oxygens (including phenoxy) is 1. The molecule has 0 spiro atoms. The number of hydrogen-bond acceptors (Lipinski definition) is 5. The van der Waals surface area contributed by atoms with Crippen molar-refractivity contribution < 1.29 is 22.7 Å². The van der Waals surface area contributed by atoms with Gasteiger partial charge in [0.1, 0.15) is 5.75 Å². The smallest absolute Gasteiger partial charge is 0.406 e. The van der Waals surface area contributed by atoms with Gasteiger partial charge < -0.3 is 15.0 Å². The first-order valence-corrected chi connectivity index (χ1v) is 9.76. The van der Waals surface area contributed by atoms with E-state index in [9.17, 15) is 18.0 Å². The Bertz CT molecular complexity index is 988. The van der Waals surface area contributed by atoms with Gasteiger partial charge >= 0.3 is 6.36 Å². The Hall–Kier alpha value is -3.01. The van der Waals surface area contributed by atoms with E-state index in [0.717, 1.165) is 35.1 Å². The van der Waals surface area contributed by atoms with E-state index in [1.807, 2.05) is 23.6 Å². The van der Waals surface area contributed by atoms with Crippen molar-refractivity contribution in [3.05, 3.63) is 53.4 Å². The Kier molecular flexibility index (Phi) is 5.18. The van der Waals surface area contributed by atoms with Gasteiger partial charge in [0.05, 0.1) is 10.6 Å². The van der Waals surface area contributed by atoms with Crippen molar-refractivity contribution in [3.8, 4) is 16.3 Å². The molecule has 3 aromatic rings. The summed E-state index contributed by atoms with van der Waals surface area (Å²) < 4.78 is 41.0. The standard InChI is InChI=1S/C19H17F3N4O2S/c20-19(21,22)28-14-4-1-3-12(9-14)18(27)23-13-6-7-26(11-13)17-10-15(24-25-17)16-5-2-8-29-16/h1-5,8-10,13H,6-7,11H2,(H,23,27)(H,24,25)/t13-/m0/s1. The van der Waals surface area contributed by atoms with Gasteiger partial charge in [-0.3, -0.25) is 9.89 Å². The summed E-state index contributed by atoms with van der Waals surface area (Å²) >= 11 is 1.62. The molecule has 29 heavy (non-hydrogen) atoms. The number of nitrogens with one attached hydrogen (secondary N) is 2. The lowest BCUT2D eigenvalue weighted by Crippen LogP contribution is -2.37. The Morgan fingerprint density at radius 3 is 2.90 bits per heavy atom. The Morgan fingerprint density at radius 1 is 1.28 bits per heavy atom. The van der Waals surface area contributed by atoms with Crippen LogP contribution in [0.25, 0.3) is 10.6 Å². The molecule has 10 heteroatoms. The van der Waals surface area contributed by atoms with Gasteiger partial charge in [-0.2, -0.15) is 5.10 Å². The van der Waals surface area contributed by atoms with E-state index < -0.39 is 18.0 Å². The number of carbonyl (C=O) groups is 1. The van der Waals surface area contributed by atoms with Crippen molar-refractivity contribution in [1.82, 2.24) is 15.5 Å². The van der Waals surface area contributed by atoms with Crippen LogP contribution in [-0.2, 0) is 0 Å². The molecule has 1 aromatic carbocycles. The molecule has 0 aliphatic carbocycles. The number of carbonyl (C=O) groups excluding carboxylic acids is 1. The summed E-state index contributed by atoms with van der Waals surface area (Å²) in [6.45, 7) is 1.29. The van der Waals surface area contributed by atoms with E-state index in [-0.39, 0.29) is 11.6 Å². The minimum absolute atomic E-state index is 0.116. The molecule has 1 amide bonds. The number of rotatable bonds is 5. The number of anilines is 1. The van der Waals surface area contributed by atoms with E-state index in [1.165, 1.54) is 12.1 Å². The maximum Gasteiger partial charge on any atom is 0.573 e. The van der Waals surface area contributed by atoms with Crippen LogP contribution in [0, 0.1) is 0 Å². The Labute approximate surface area is 168 Å². The lowest BCUT2D eigenvalue weighted by molar-refractivity contribution is -0.274. The third-order valence-electron chi connectivity index (χ3n) is 4.53. The number of aromatic nitrogens is 2. The maximum absolute atomic E-state index is 12.4. The quantitative estimate of drug-likeness (QED) is 0.651. The number of thiophene rings is 1. The molecule has 1 fully saturated rings. The van der Waals surface area contributed by atoms with E-state index in [0.29, 0.717) is 13.0 Å². The van der Waals surface area contributed by atoms with Crippen molar-refractivity contribution >= 4 is 23.1 Å². The van der Waals surface area contributed by atoms with Crippen LogP contribution in [0.4, 0.5) is 19.0 Å². The van der Waals surface area contributed by atoms with Crippen molar-refractivity contribution in [1.29, 1.82) is 0 Å². The fraction of sp³-hybridized carbons (Fsp3) is 0.263. The normalized spacial score (nSPS) is 16.8. The topological polar surface area (TPSA) is 70.2 Å². The van der Waals surface area contributed by atoms with Crippen LogP contribution in [0.3, 0.4) is 0 Å². The lowest BCUT2D eigenvalue weighted by atomic mass is 10.1. The maximum atomic E-state index is 12.4. The van der Waals surface area contributed by atoms with Crippen LogP contribution >= 0.6 is 11.3 Å². The molecular weight excluding hydrogens is 405 g/mol. The molecule has 3 heterocycles. The first-order valence-electron chi connectivity index (χ1n) is 8.88. The molecule has 4 rings (SSSR count). The third kappa shape index (κ3) is 4.70. The molecule has 0 unspecified atom stereocenters. The van der Waals surface area contributed by atoms with E-state index >= 15 is 0 Å². The first kappa shape index (κ1) is 19.3. The number of halogens is 3. The number of alkyl halides is 3. The van der Waals surface area contributed by atoms with E-state index in [2.05, 4.69) is 25.2 Å². The minimum Gasteiger partial charge on any atom is -0.406 e. The first-order chi connectivity index (χ1) is 13.9. The highest BCUT2D eigenvalue weighted by Crippen LogP contribution is 2.28. The number of nitrogens with zero attached hydrogens (tertiary/aromatic N) is 2. The van der Waals surface area contributed by atoms with Crippen LogP contribution in [0.15, 0.2) is 47.8 Å². The van der Waals surface area contributed by atoms with Gasteiger partial charge in [-0.15, -0.1) is 24.5 Å². The minimum atomic E-state index is -4.80. The molecule has 1 aliphatic rings. The fourth-order valence-corrected chi connectivity index (χ4v) is 3.91. The summed E-state index contributed by atoms with van der Waals surface area (Å²) in [6.07, 6.45) is -4.09. The molecule has 1 saturated heterocycles. The molecule has 2 N–H and O–H groups in total. The lowest BCUT2D eigenvalue weighted by Gasteiger charge is -2.16. The molecule has 6 nitrogen and oxygen atoms in total. The summed E-state index contributed by atoms with van der Waals surface area (Å²) in [5, 5.41) is 12.2. The van der Waals surface area contributed by atoms with Crippen LogP contribution in [-0.4, -0.2) is 41.6 Å². The predicted molar refractivity (Wildman–Crippen MR) is 103 cm³/mol. The summed E-state index contributed by atoms with van der Waals surface area (Å²) in [5.74, 6) is -0.0627. The number of aromatic amines is 1. The number of H-pyrrole nitrogens is 1. The highest BCUT2D eigenvalue weighted by molar-refractivity contribution is 7.13. The summed E-state index contributed by atoms with van der Waals surface area (Å²) in [6, 6.07) is 10.9. The van der Waals surface area contributed by atoms with Crippen molar-refractivity contribution in [2.45, 2.75) is 18.8 Å². The molecule has 1 aliphatic heterocycles. The van der Waals surface area contributed by atoms with Crippen LogP contribution in [0.5, 0.6) is 5.75 Å². The van der Waals surface area contributed by atoms with Crippen LogP contribution in [0.1, 0.15) is 16.8 Å². The fourth-order valence-electron chi connectivity index (χ4n) is 3.22. The van der Waals surface area contributed by atoms with Crippen LogP contribution in [0.2, 0.25) is 0 Å². The Balaban J connectivity index is 1.37. The predicted octanol–water partition coefficient (Wildman–Crippen LogP) is 4.05. The molecular formula is C19H17F3N4O2S. The second kappa shape index (κ2) is 7.78. The van der Waals surface area contributed by atoms with E-state index in [1.54, 1.807) is 11.3 Å². The highest BCUT2D eigenvalue weighted by Gasteiger charge is 2.31. The van der Waals surface area contributed by atoms with Crippen molar-refractivity contribution in [2.75, 3.05) is 18.0 Å². The average Bonchev–Trinajstić information content (AvgIpc) is 3.41. The molecule has 2 aromatic heterocycles. The number of hydrogen-bond donors (Lipinski definition) is 2. The van der Waals surface area contributed by atoms with Crippen LogP contribution < -0.4 is 15.0 Å². The van der Waals surface area contributed by atoms with Gasteiger partial charge in [0.15, 0.2) is 5.82 Å². The molecule has 152 valence electrons. The Morgan fingerprint density at radius 2 is 2.14 bits per heavy atom. The zero-order chi connectivity index (χ0) is 20.4. The van der Waals surface area contributed by atoms with Gasteiger partial charge in [0.25, 0.3) is 5.91 Å². The zero-order valence-electron chi connectivity index (χ0n) is 15.1. The molecule has 0 radical (unpaired) electrons. The SMILES string of the molecule is O=C(N[C@H]1CCN(c2cc(-c3cccs3)[nH]n2)C1)c1cccc(OC(F)(F)F)c1. The monoisotopic (exact) mass is 422 g/mol. The number of benzene rings is 1. The second-order valence-electron chi connectivity index (χ2n) is 6.60. The third-order valence-corrected chi connectivity index (χ3v) is 5.43. The second-order valence-corrected chi connectivity index (χ2v) is 7.55. The van der Waals surface area contributed by atoms with Gasteiger partial charge in [-0.05, 0) is 36.1 Å². The van der Waals surface area contributed by atoms with Gasteiger partial charge in [0.2, 0.25) is 0 Å². The van der Waals surface area contributed by atoms with Gasteiger partial charge in [-0.25, -0.2) is 0 Å². The van der Waals surface area contributed by atoms with Gasteiger partial charge in [0, 0.05) is 30.8 Å². The number of amides is 1. The summed E-state index contributed by atoms with van der Waals surface area (Å²) in [7, 11) is 0.